The van der Waals surface area contributed by atoms with Gasteiger partial charge in [0.1, 0.15) is 0 Å². The average Bonchev–Trinajstić information content (AvgIpc) is 3.28. The fourth-order valence-electron chi connectivity index (χ4n) is 4.78. The van der Waals surface area contributed by atoms with Crippen molar-refractivity contribution in [3.63, 3.8) is 0 Å². The fourth-order valence-corrected chi connectivity index (χ4v) is 4.78. The van der Waals surface area contributed by atoms with E-state index >= 15 is 0 Å². The van der Waals surface area contributed by atoms with E-state index < -0.39 is 0 Å². The van der Waals surface area contributed by atoms with Gasteiger partial charge < -0.3 is 10.6 Å². The second kappa shape index (κ2) is 8.53. The summed E-state index contributed by atoms with van der Waals surface area (Å²) in [5.41, 5.74) is 2.77. The molecule has 0 saturated carbocycles. The summed E-state index contributed by atoms with van der Waals surface area (Å²) in [5, 5.41) is 13.0. The predicted molar refractivity (Wildman–Crippen MR) is 121 cm³/mol. The van der Waals surface area contributed by atoms with E-state index in [0.717, 1.165) is 24.1 Å². The number of carbonyl (C=O) groups excluding carboxylic acids is 2. The number of amides is 2. The fraction of sp³-hybridized carbons (Fsp3) is 0.400. The van der Waals surface area contributed by atoms with Crippen molar-refractivity contribution in [2.45, 2.75) is 57.5 Å². The third-order valence-electron chi connectivity index (χ3n) is 6.37. The Morgan fingerprint density at radius 1 is 1.26 bits per heavy atom. The molecule has 6 heteroatoms. The number of hydrogen-bond acceptors (Lipinski definition) is 3. The lowest BCUT2D eigenvalue weighted by Gasteiger charge is -2.30. The van der Waals surface area contributed by atoms with Crippen molar-refractivity contribution in [1.29, 1.82) is 0 Å². The summed E-state index contributed by atoms with van der Waals surface area (Å²) in [7, 11) is 1.88. The average molecular weight is 419 g/mol. The Hall–Kier alpha value is -3.15. The van der Waals surface area contributed by atoms with Crippen LogP contribution in [0.5, 0.6) is 0 Å². The number of nitrogens with one attached hydrogen (secondary N) is 2. The summed E-state index contributed by atoms with van der Waals surface area (Å²) in [6.45, 7) is 3.93. The highest BCUT2D eigenvalue weighted by Crippen LogP contribution is 2.32. The van der Waals surface area contributed by atoms with Gasteiger partial charge in [-0.05, 0) is 49.4 Å². The molecule has 31 heavy (non-hydrogen) atoms. The highest BCUT2D eigenvalue weighted by atomic mass is 16.2. The smallest absolute Gasteiger partial charge is 0.220 e. The minimum atomic E-state index is -0.383. The van der Waals surface area contributed by atoms with Crippen LogP contribution < -0.4 is 10.6 Å². The van der Waals surface area contributed by atoms with Gasteiger partial charge in [-0.25, -0.2) is 0 Å². The van der Waals surface area contributed by atoms with E-state index in [9.17, 15) is 9.59 Å². The quantitative estimate of drug-likeness (QED) is 0.614. The van der Waals surface area contributed by atoms with Crippen LogP contribution in [0.25, 0.3) is 10.8 Å². The Morgan fingerprint density at radius 3 is 2.74 bits per heavy atom. The van der Waals surface area contributed by atoms with Crippen LogP contribution in [-0.4, -0.2) is 27.1 Å². The predicted octanol–water partition coefficient (Wildman–Crippen LogP) is 3.73. The molecule has 0 aliphatic carbocycles. The highest BCUT2D eigenvalue weighted by Gasteiger charge is 2.38. The lowest BCUT2D eigenvalue weighted by molar-refractivity contribution is -0.123. The van der Waals surface area contributed by atoms with Gasteiger partial charge in [0.25, 0.3) is 0 Å². The number of nitrogens with zero attached hydrogens (tertiary/aromatic N) is 2. The molecule has 1 aliphatic heterocycles. The summed E-state index contributed by atoms with van der Waals surface area (Å²) in [6.07, 6.45) is 4.92. The topological polar surface area (TPSA) is 76.0 Å². The maximum atomic E-state index is 12.7. The zero-order valence-electron chi connectivity index (χ0n) is 18.4. The molecule has 1 aromatic heterocycles. The molecule has 0 bridgehead atoms. The van der Waals surface area contributed by atoms with Crippen LogP contribution in [0.15, 0.2) is 48.7 Å². The zero-order chi connectivity index (χ0) is 22.0. The zero-order valence-corrected chi connectivity index (χ0v) is 18.4. The molecule has 2 aromatic carbocycles. The Labute approximate surface area is 183 Å². The molecule has 1 saturated heterocycles. The molecule has 2 heterocycles. The van der Waals surface area contributed by atoms with Crippen molar-refractivity contribution in [2.24, 2.45) is 7.05 Å². The van der Waals surface area contributed by atoms with Gasteiger partial charge in [-0.1, -0.05) is 42.5 Å². The minimum absolute atomic E-state index is 0.00537. The summed E-state index contributed by atoms with van der Waals surface area (Å²) < 4.78 is 1.76. The summed E-state index contributed by atoms with van der Waals surface area (Å²) in [6, 6.07) is 14.5. The lowest BCUT2D eigenvalue weighted by atomic mass is 9.83. The monoisotopic (exact) mass is 418 g/mol. The number of aromatic nitrogens is 2. The van der Waals surface area contributed by atoms with E-state index in [1.807, 2.05) is 39.2 Å². The Kier molecular flexibility index (Phi) is 5.81. The second-order valence-corrected chi connectivity index (χ2v) is 8.78. The third-order valence-corrected chi connectivity index (χ3v) is 6.37. The molecule has 3 aromatic rings. The summed E-state index contributed by atoms with van der Waals surface area (Å²) in [4.78, 5) is 24.9. The van der Waals surface area contributed by atoms with Crippen LogP contribution in [-0.2, 0) is 23.1 Å². The minimum Gasteiger partial charge on any atom is -0.350 e. The van der Waals surface area contributed by atoms with E-state index in [4.69, 9.17) is 0 Å². The maximum Gasteiger partial charge on any atom is 0.220 e. The Bertz CT molecular complexity index is 1110. The number of rotatable bonds is 7. The summed E-state index contributed by atoms with van der Waals surface area (Å²) >= 11 is 0. The molecular weight excluding hydrogens is 388 g/mol. The van der Waals surface area contributed by atoms with E-state index in [1.165, 1.54) is 16.3 Å². The molecule has 162 valence electrons. The van der Waals surface area contributed by atoms with Crippen LogP contribution in [0.1, 0.15) is 55.5 Å². The van der Waals surface area contributed by atoms with Crippen molar-refractivity contribution in [3.05, 3.63) is 65.5 Å². The molecular formula is C25H30N4O2. The van der Waals surface area contributed by atoms with Gasteiger partial charge in [-0.3, -0.25) is 14.3 Å². The number of benzene rings is 2. The van der Waals surface area contributed by atoms with E-state index in [2.05, 4.69) is 46.1 Å². The standard InChI is InChI=1S/C25H30N4O2/c1-17(22-16-29(3)28-18(22)2)26-23(30)11-13-25(14-12-24(31)27-25)15-20-9-6-8-19-7-4-5-10-21(19)20/h4-10,16-17H,11-15H2,1-3H3,(H,26,30)(H,27,31)/t17-,25-/m1/s1. The number of aryl methyl sites for hydroxylation is 2. The van der Waals surface area contributed by atoms with Gasteiger partial charge >= 0.3 is 0 Å². The first kappa shape index (κ1) is 21.1. The number of fused-ring (bicyclic) bond motifs is 1. The molecule has 6 nitrogen and oxygen atoms in total. The largest absolute Gasteiger partial charge is 0.350 e. The molecule has 0 spiro atoms. The second-order valence-electron chi connectivity index (χ2n) is 8.78. The van der Waals surface area contributed by atoms with Gasteiger partial charge in [0.2, 0.25) is 11.8 Å². The molecule has 2 N–H and O–H groups in total. The molecule has 4 rings (SSSR count). The van der Waals surface area contributed by atoms with Gasteiger partial charge in [0.15, 0.2) is 0 Å². The normalized spacial score (nSPS) is 19.4. The van der Waals surface area contributed by atoms with Gasteiger partial charge in [0.05, 0.1) is 11.7 Å². The van der Waals surface area contributed by atoms with Crippen LogP contribution in [0.3, 0.4) is 0 Å². The van der Waals surface area contributed by atoms with E-state index in [0.29, 0.717) is 19.3 Å². The molecule has 0 radical (unpaired) electrons. The van der Waals surface area contributed by atoms with Crippen molar-refractivity contribution in [3.8, 4) is 0 Å². The molecule has 1 fully saturated rings. The highest BCUT2D eigenvalue weighted by molar-refractivity contribution is 5.86. The number of hydrogen-bond donors (Lipinski definition) is 2. The Morgan fingerprint density at radius 2 is 2.03 bits per heavy atom. The molecule has 0 unspecified atom stereocenters. The Balaban J connectivity index is 1.46. The number of carbonyl (C=O) groups is 2. The molecule has 2 atom stereocenters. The van der Waals surface area contributed by atoms with Crippen molar-refractivity contribution >= 4 is 22.6 Å². The molecule has 1 aliphatic rings. The summed E-state index contributed by atoms with van der Waals surface area (Å²) in [5.74, 6) is 0.0641. The van der Waals surface area contributed by atoms with Crippen LogP contribution >= 0.6 is 0 Å². The lowest BCUT2D eigenvalue weighted by Crippen LogP contribution is -2.44. The van der Waals surface area contributed by atoms with Crippen molar-refractivity contribution in [2.75, 3.05) is 0 Å². The van der Waals surface area contributed by atoms with Crippen LogP contribution in [0.2, 0.25) is 0 Å². The molecule has 2 amide bonds. The van der Waals surface area contributed by atoms with Gasteiger partial charge in [-0.15, -0.1) is 0 Å². The maximum absolute atomic E-state index is 12.7. The van der Waals surface area contributed by atoms with Crippen molar-refractivity contribution < 1.29 is 9.59 Å². The first-order valence-corrected chi connectivity index (χ1v) is 10.9. The van der Waals surface area contributed by atoms with Crippen LogP contribution in [0, 0.1) is 6.92 Å². The van der Waals surface area contributed by atoms with Gasteiger partial charge in [0, 0.05) is 37.2 Å². The first-order chi connectivity index (χ1) is 14.8. The van der Waals surface area contributed by atoms with Crippen molar-refractivity contribution in [1.82, 2.24) is 20.4 Å². The third kappa shape index (κ3) is 4.63. The van der Waals surface area contributed by atoms with Gasteiger partial charge in [-0.2, -0.15) is 5.10 Å². The van der Waals surface area contributed by atoms with E-state index in [-0.39, 0.29) is 23.4 Å². The van der Waals surface area contributed by atoms with E-state index in [1.54, 1.807) is 4.68 Å². The van der Waals surface area contributed by atoms with Crippen LogP contribution in [0.4, 0.5) is 0 Å². The first-order valence-electron chi connectivity index (χ1n) is 10.9. The SMILES string of the molecule is Cc1nn(C)cc1[C@@H](C)NC(=O)CC[C@]1(Cc2cccc3ccccc23)CCC(=O)N1.